The van der Waals surface area contributed by atoms with Gasteiger partial charge in [0.15, 0.2) is 5.75 Å². The number of halogens is 2. The molecule has 1 amide bonds. The lowest BCUT2D eigenvalue weighted by atomic mass is 10.3. The Bertz CT molecular complexity index is 438. The smallest absolute Gasteiger partial charge is 0.238 e. The predicted octanol–water partition coefficient (Wildman–Crippen LogP) is 3.05. The van der Waals surface area contributed by atoms with Crippen LogP contribution >= 0.6 is 27.5 Å². The maximum atomic E-state index is 11.7. The zero-order chi connectivity index (χ0) is 13.7. The second-order valence-electron chi connectivity index (χ2n) is 4.05. The van der Waals surface area contributed by atoms with E-state index in [1.807, 2.05) is 13.8 Å². The molecule has 0 unspecified atom stereocenters. The molecule has 0 aliphatic rings. The van der Waals surface area contributed by atoms with E-state index in [1.54, 1.807) is 12.1 Å². The monoisotopic (exact) mass is 334 g/mol. The summed E-state index contributed by atoms with van der Waals surface area (Å²) in [7, 11) is 1.54. The van der Waals surface area contributed by atoms with Gasteiger partial charge in [-0.2, -0.15) is 0 Å². The molecule has 1 aromatic carbocycles. The van der Waals surface area contributed by atoms with Gasteiger partial charge >= 0.3 is 0 Å². The number of carbonyl (C=O) groups is 1. The van der Waals surface area contributed by atoms with Crippen LogP contribution in [0.15, 0.2) is 16.6 Å². The number of methoxy groups -OCH3 is 1. The van der Waals surface area contributed by atoms with Crippen LogP contribution in [0.2, 0.25) is 5.02 Å². The average Bonchev–Trinajstić information content (AvgIpc) is 2.26. The molecule has 0 spiro atoms. The number of amides is 1. The second kappa shape index (κ2) is 6.97. The number of ether oxygens (including phenoxy) is 1. The summed E-state index contributed by atoms with van der Waals surface area (Å²) in [5, 5.41) is 6.32. The third-order valence-electron chi connectivity index (χ3n) is 2.16. The summed E-state index contributed by atoms with van der Waals surface area (Å²) >= 11 is 9.27. The second-order valence-corrected chi connectivity index (χ2v) is 5.34. The first kappa shape index (κ1) is 15.3. The van der Waals surface area contributed by atoms with E-state index in [-0.39, 0.29) is 18.5 Å². The maximum Gasteiger partial charge on any atom is 0.238 e. The lowest BCUT2D eigenvalue weighted by molar-refractivity contribution is -0.115. The average molecular weight is 336 g/mol. The quantitative estimate of drug-likeness (QED) is 0.869. The fourth-order valence-corrected chi connectivity index (χ4v) is 2.32. The van der Waals surface area contributed by atoms with Crippen molar-refractivity contribution < 1.29 is 9.53 Å². The van der Waals surface area contributed by atoms with Crippen molar-refractivity contribution in [2.75, 3.05) is 19.0 Å². The Morgan fingerprint density at radius 1 is 1.50 bits per heavy atom. The van der Waals surface area contributed by atoms with Crippen molar-refractivity contribution in [1.29, 1.82) is 0 Å². The highest BCUT2D eigenvalue weighted by molar-refractivity contribution is 9.10. The number of anilines is 1. The molecule has 0 saturated heterocycles. The number of hydrogen-bond donors (Lipinski definition) is 2. The minimum absolute atomic E-state index is 0.142. The molecule has 0 aliphatic heterocycles. The predicted molar refractivity (Wildman–Crippen MR) is 77.5 cm³/mol. The van der Waals surface area contributed by atoms with Crippen LogP contribution < -0.4 is 15.4 Å². The van der Waals surface area contributed by atoms with Gasteiger partial charge in [0.1, 0.15) is 0 Å². The number of carbonyl (C=O) groups excluding carboxylic acids is 1. The zero-order valence-electron chi connectivity index (χ0n) is 10.5. The van der Waals surface area contributed by atoms with Crippen LogP contribution in [-0.2, 0) is 4.79 Å². The van der Waals surface area contributed by atoms with E-state index in [2.05, 4.69) is 26.6 Å². The highest BCUT2D eigenvalue weighted by atomic mass is 79.9. The summed E-state index contributed by atoms with van der Waals surface area (Å²) in [6, 6.07) is 3.62. The van der Waals surface area contributed by atoms with Crippen molar-refractivity contribution in [2.45, 2.75) is 19.9 Å². The van der Waals surface area contributed by atoms with Gasteiger partial charge in [-0.05, 0) is 28.1 Å². The molecule has 4 nitrogen and oxygen atoms in total. The molecule has 100 valence electrons. The highest BCUT2D eigenvalue weighted by Gasteiger charge is 2.12. The van der Waals surface area contributed by atoms with E-state index >= 15 is 0 Å². The van der Waals surface area contributed by atoms with Crippen LogP contribution in [-0.4, -0.2) is 25.6 Å². The molecule has 0 aromatic heterocycles. The topological polar surface area (TPSA) is 50.4 Å². The first-order valence-corrected chi connectivity index (χ1v) is 6.67. The minimum Gasteiger partial charge on any atom is -0.493 e. The van der Waals surface area contributed by atoms with Gasteiger partial charge in [-0.25, -0.2) is 0 Å². The third-order valence-corrected chi connectivity index (χ3v) is 2.96. The normalized spacial score (nSPS) is 10.6. The highest BCUT2D eigenvalue weighted by Crippen LogP contribution is 2.36. The Kier molecular flexibility index (Phi) is 5.91. The third kappa shape index (κ3) is 4.48. The fraction of sp³-hybridized carbons (Fsp3) is 0.417. The molecule has 1 rings (SSSR count). The first-order valence-electron chi connectivity index (χ1n) is 5.50. The number of benzene rings is 1. The molecule has 2 N–H and O–H groups in total. The van der Waals surface area contributed by atoms with Crippen LogP contribution in [0.5, 0.6) is 5.75 Å². The van der Waals surface area contributed by atoms with Gasteiger partial charge in [0.25, 0.3) is 0 Å². The molecular formula is C12H16BrClN2O2. The van der Waals surface area contributed by atoms with Gasteiger partial charge in [0.2, 0.25) is 5.91 Å². The van der Waals surface area contributed by atoms with Gasteiger partial charge in [0.05, 0.1) is 23.8 Å². The molecule has 1 aromatic rings. The van der Waals surface area contributed by atoms with Crippen molar-refractivity contribution in [3.05, 3.63) is 21.6 Å². The standard InChI is InChI=1S/C12H16BrClN2O2/c1-7(2)15-6-11(17)16-10-5-8(14)4-9(13)12(10)18-3/h4-5,7,15H,6H2,1-3H3,(H,16,17). The molecule has 18 heavy (non-hydrogen) atoms. The van der Waals surface area contributed by atoms with E-state index in [1.165, 1.54) is 7.11 Å². The largest absolute Gasteiger partial charge is 0.493 e. The van der Waals surface area contributed by atoms with Crippen molar-refractivity contribution in [3.63, 3.8) is 0 Å². The Balaban J connectivity index is 2.80. The van der Waals surface area contributed by atoms with Crippen LogP contribution in [0.1, 0.15) is 13.8 Å². The molecule has 6 heteroatoms. The van der Waals surface area contributed by atoms with E-state index in [9.17, 15) is 4.79 Å². The Labute approximate surface area is 120 Å². The number of rotatable bonds is 5. The van der Waals surface area contributed by atoms with Crippen LogP contribution in [0, 0.1) is 0 Å². The lowest BCUT2D eigenvalue weighted by Gasteiger charge is -2.13. The molecule has 0 radical (unpaired) electrons. The summed E-state index contributed by atoms with van der Waals surface area (Å²) in [5.74, 6) is 0.411. The molecular weight excluding hydrogens is 320 g/mol. The Morgan fingerprint density at radius 2 is 2.17 bits per heavy atom. The summed E-state index contributed by atoms with van der Waals surface area (Å²) in [6.07, 6.45) is 0. The zero-order valence-corrected chi connectivity index (χ0v) is 12.9. The van der Waals surface area contributed by atoms with Crippen LogP contribution in [0.4, 0.5) is 5.69 Å². The maximum absolute atomic E-state index is 11.7. The van der Waals surface area contributed by atoms with Crippen LogP contribution in [0.25, 0.3) is 0 Å². The lowest BCUT2D eigenvalue weighted by Crippen LogP contribution is -2.32. The molecule has 0 fully saturated rings. The van der Waals surface area contributed by atoms with Crippen molar-refractivity contribution in [3.8, 4) is 5.75 Å². The van der Waals surface area contributed by atoms with Gasteiger partial charge in [-0.15, -0.1) is 0 Å². The van der Waals surface area contributed by atoms with E-state index < -0.39 is 0 Å². The molecule has 0 atom stereocenters. The molecule has 0 heterocycles. The number of nitrogens with one attached hydrogen (secondary N) is 2. The first-order chi connectivity index (χ1) is 8.43. The van der Waals surface area contributed by atoms with Crippen molar-refractivity contribution in [1.82, 2.24) is 5.32 Å². The van der Waals surface area contributed by atoms with Crippen molar-refractivity contribution >= 4 is 39.1 Å². The van der Waals surface area contributed by atoms with Gasteiger partial charge < -0.3 is 15.4 Å². The van der Waals surface area contributed by atoms with E-state index in [4.69, 9.17) is 16.3 Å². The Hall–Kier alpha value is -0.780. The minimum atomic E-state index is -0.142. The van der Waals surface area contributed by atoms with Crippen molar-refractivity contribution in [2.24, 2.45) is 0 Å². The fourth-order valence-electron chi connectivity index (χ4n) is 1.35. The molecule has 0 saturated carbocycles. The SMILES string of the molecule is COc1c(Br)cc(Cl)cc1NC(=O)CNC(C)C. The summed E-state index contributed by atoms with van der Waals surface area (Å²) in [4.78, 5) is 11.7. The van der Waals surface area contributed by atoms with E-state index in [0.29, 0.717) is 20.9 Å². The number of hydrogen-bond acceptors (Lipinski definition) is 3. The molecule has 0 bridgehead atoms. The van der Waals surface area contributed by atoms with E-state index in [0.717, 1.165) is 0 Å². The van der Waals surface area contributed by atoms with Gasteiger partial charge in [0, 0.05) is 11.1 Å². The molecule has 0 aliphatic carbocycles. The summed E-state index contributed by atoms with van der Waals surface area (Å²) < 4.78 is 5.92. The van der Waals surface area contributed by atoms with Crippen LogP contribution in [0.3, 0.4) is 0 Å². The summed E-state index contributed by atoms with van der Waals surface area (Å²) in [5.41, 5.74) is 0.549. The summed E-state index contributed by atoms with van der Waals surface area (Å²) in [6.45, 7) is 4.19. The van der Waals surface area contributed by atoms with Gasteiger partial charge in [-0.1, -0.05) is 25.4 Å². The van der Waals surface area contributed by atoms with Gasteiger partial charge in [-0.3, -0.25) is 4.79 Å². The Morgan fingerprint density at radius 3 is 2.72 bits per heavy atom.